The number of H-pyrrole nitrogens is 1. The minimum Gasteiger partial charge on any atom is -0.354 e. The smallest absolute Gasteiger partial charge is 0.255 e. The summed E-state index contributed by atoms with van der Waals surface area (Å²) in [6, 6.07) is 17.7. The molecule has 0 bridgehead atoms. The van der Waals surface area contributed by atoms with Crippen molar-refractivity contribution in [2.75, 3.05) is 5.32 Å². The summed E-state index contributed by atoms with van der Waals surface area (Å²) in [5, 5.41) is 8.11. The number of aromatic amines is 1. The third kappa shape index (κ3) is 4.59. The zero-order valence-electron chi connectivity index (χ0n) is 18.1. The molecule has 0 unspecified atom stereocenters. The topological polar surface area (TPSA) is 79.8 Å². The van der Waals surface area contributed by atoms with E-state index in [9.17, 15) is 9.59 Å². The van der Waals surface area contributed by atoms with Crippen LogP contribution < -0.4 is 5.32 Å². The molecule has 2 aromatic heterocycles. The molecule has 0 saturated carbocycles. The van der Waals surface area contributed by atoms with Crippen molar-refractivity contribution in [2.45, 2.75) is 20.4 Å². The number of allylic oxidation sites excluding steroid dienone is 1. The molecule has 2 N–H and O–H groups in total. The molecule has 4 rings (SSSR count). The summed E-state index contributed by atoms with van der Waals surface area (Å²) in [6.45, 7) is 7.99. The number of aromatic nitrogens is 3. The predicted molar refractivity (Wildman–Crippen MR) is 127 cm³/mol. The number of hydrogen-bond acceptors (Lipinski definition) is 3. The normalized spacial score (nSPS) is 11.5. The first kappa shape index (κ1) is 21.1. The highest BCUT2D eigenvalue weighted by Crippen LogP contribution is 2.23. The molecule has 6 heteroatoms. The van der Waals surface area contributed by atoms with E-state index in [1.165, 1.54) is 18.6 Å². The summed E-state index contributed by atoms with van der Waals surface area (Å²) in [5.74, 6) is -0.549. The Balaban J connectivity index is 1.48. The second-order valence-electron chi connectivity index (χ2n) is 7.72. The largest absolute Gasteiger partial charge is 0.354 e. The Kier molecular flexibility index (Phi) is 5.85. The van der Waals surface area contributed by atoms with Gasteiger partial charge in [0.25, 0.3) is 5.91 Å². The van der Waals surface area contributed by atoms with Gasteiger partial charge in [0.1, 0.15) is 0 Å². The van der Waals surface area contributed by atoms with Crippen molar-refractivity contribution in [3.63, 3.8) is 0 Å². The molecule has 0 aliphatic rings. The van der Waals surface area contributed by atoms with Crippen molar-refractivity contribution in [1.82, 2.24) is 14.8 Å². The maximum Gasteiger partial charge on any atom is 0.255 e. The molecule has 4 aromatic rings. The van der Waals surface area contributed by atoms with Crippen LogP contribution in [0.25, 0.3) is 16.5 Å². The van der Waals surface area contributed by atoms with Crippen LogP contribution in [-0.4, -0.2) is 26.5 Å². The Morgan fingerprint density at radius 1 is 1.16 bits per heavy atom. The zero-order chi connectivity index (χ0) is 22.7. The molecule has 0 aliphatic carbocycles. The number of carbonyl (C=O) groups is 2. The molecule has 2 aromatic carbocycles. The van der Waals surface area contributed by atoms with Crippen LogP contribution in [0.1, 0.15) is 23.7 Å². The summed E-state index contributed by atoms with van der Waals surface area (Å²) in [4.78, 5) is 28.2. The predicted octanol–water partition coefficient (Wildman–Crippen LogP) is 4.89. The van der Waals surface area contributed by atoms with Gasteiger partial charge in [0, 0.05) is 28.2 Å². The Hall–Kier alpha value is -4.19. The zero-order valence-corrected chi connectivity index (χ0v) is 18.1. The van der Waals surface area contributed by atoms with E-state index in [1.54, 1.807) is 17.1 Å². The number of para-hydroxylation sites is 1. The van der Waals surface area contributed by atoms with Gasteiger partial charge in [0.2, 0.25) is 0 Å². The summed E-state index contributed by atoms with van der Waals surface area (Å²) < 4.78 is 1.77. The van der Waals surface area contributed by atoms with Gasteiger partial charge in [0.15, 0.2) is 5.78 Å². The van der Waals surface area contributed by atoms with Crippen LogP contribution in [0.2, 0.25) is 0 Å². The first-order valence-corrected chi connectivity index (χ1v) is 10.3. The molecule has 1 amide bonds. The number of nitrogens with one attached hydrogen (secondary N) is 2. The van der Waals surface area contributed by atoms with Crippen LogP contribution in [0, 0.1) is 6.92 Å². The maximum atomic E-state index is 12.7. The second kappa shape index (κ2) is 8.89. The lowest BCUT2D eigenvalue weighted by molar-refractivity contribution is -0.112. The van der Waals surface area contributed by atoms with Crippen LogP contribution in [0.5, 0.6) is 0 Å². The van der Waals surface area contributed by atoms with Gasteiger partial charge in [0.05, 0.1) is 24.1 Å². The summed E-state index contributed by atoms with van der Waals surface area (Å²) in [6.07, 6.45) is 4.88. The molecule has 2 heterocycles. The van der Waals surface area contributed by atoms with E-state index in [-0.39, 0.29) is 11.4 Å². The molecule has 32 heavy (non-hydrogen) atoms. The third-order valence-corrected chi connectivity index (χ3v) is 5.29. The van der Waals surface area contributed by atoms with E-state index in [2.05, 4.69) is 41.0 Å². The number of hydrogen-bond donors (Lipinski definition) is 2. The number of nitrogens with zero attached hydrogens (tertiary/aromatic N) is 2. The Morgan fingerprint density at radius 2 is 1.91 bits per heavy atom. The molecular formula is C26H24N4O2. The fourth-order valence-electron chi connectivity index (χ4n) is 3.52. The van der Waals surface area contributed by atoms with E-state index < -0.39 is 5.91 Å². The molecular weight excluding hydrogens is 400 g/mol. The molecule has 0 saturated heterocycles. The van der Waals surface area contributed by atoms with Crippen molar-refractivity contribution < 1.29 is 9.59 Å². The van der Waals surface area contributed by atoms with Crippen molar-refractivity contribution in [2.24, 2.45) is 0 Å². The minimum atomic E-state index is -0.393. The number of rotatable bonds is 7. The van der Waals surface area contributed by atoms with Gasteiger partial charge in [-0.15, -0.1) is 0 Å². The number of aryl methyl sites for hydroxylation is 1. The third-order valence-electron chi connectivity index (χ3n) is 5.29. The van der Waals surface area contributed by atoms with Crippen LogP contribution in [0.3, 0.4) is 0 Å². The van der Waals surface area contributed by atoms with Gasteiger partial charge in [-0.3, -0.25) is 14.3 Å². The van der Waals surface area contributed by atoms with E-state index in [0.29, 0.717) is 23.5 Å². The SMILES string of the molecule is C=C(/C=C(\C(C)=O)c1cc2ccccc2[nH]1)C(=O)Nc1cnn(Cc2ccccc2C)c1. The Bertz CT molecular complexity index is 1320. The quantitative estimate of drug-likeness (QED) is 0.327. The Labute approximate surface area is 186 Å². The lowest BCUT2D eigenvalue weighted by atomic mass is 10.1. The standard InChI is InChI=1S/C26H24N4O2/c1-17-8-4-5-10-21(17)15-30-16-22(14-27-30)28-26(32)18(2)12-23(19(3)31)25-13-20-9-6-7-11-24(20)29-25/h4-14,16,29H,2,15H2,1,3H3,(H,28,32)/b23-12+. The van der Waals surface area contributed by atoms with Gasteiger partial charge in [-0.2, -0.15) is 5.10 Å². The molecule has 0 atom stereocenters. The first-order valence-electron chi connectivity index (χ1n) is 10.3. The molecule has 0 spiro atoms. The van der Waals surface area contributed by atoms with Gasteiger partial charge in [-0.1, -0.05) is 49.0 Å². The summed E-state index contributed by atoms with van der Waals surface area (Å²) in [7, 11) is 0. The number of anilines is 1. The van der Waals surface area contributed by atoms with E-state index in [4.69, 9.17) is 0 Å². The highest BCUT2D eigenvalue weighted by atomic mass is 16.1. The summed E-state index contributed by atoms with van der Waals surface area (Å²) in [5.41, 5.74) is 5.06. The van der Waals surface area contributed by atoms with Gasteiger partial charge in [-0.25, -0.2) is 0 Å². The first-order chi connectivity index (χ1) is 15.4. The Morgan fingerprint density at radius 3 is 2.66 bits per heavy atom. The average molecular weight is 425 g/mol. The lowest BCUT2D eigenvalue weighted by Gasteiger charge is -2.06. The van der Waals surface area contributed by atoms with Crippen LogP contribution in [0.15, 0.2) is 85.2 Å². The number of benzene rings is 2. The number of ketones is 1. The minimum absolute atomic E-state index is 0.156. The number of carbonyl (C=O) groups excluding carboxylic acids is 2. The number of Topliss-reactive ketones (excluding diaryl/α,β-unsaturated/α-hetero) is 1. The second-order valence-corrected chi connectivity index (χ2v) is 7.72. The highest BCUT2D eigenvalue weighted by Gasteiger charge is 2.14. The summed E-state index contributed by atoms with van der Waals surface area (Å²) >= 11 is 0. The van der Waals surface area contributed by atoms with E-state index in [0.717, 1.165) is 16.5 Å². The van der Waals surface area contributed by atoms with Crippen molar-refractivity contribution in [1.29, 1.82) is 0 Å². The van der Waals surface area contributed by atoms with Gasteiger partial charge < -0.3 is 10.3 Å². The van der Waals surface area contributed by atoms with E-state index in [1.807, 2.05) is 42.5 Å². The van der Waals surface area contributed by atoms with Crippen LogP contribution in [-0.2, 0) is 16.1 Å². The van der Waals surface area contributed by atoms with Crippen LogP contribution in [0.4, 0.5) is 5.69 Å². The molecule has 160 valence electrons. The molecule has 0 fully saturated rings. The monoisotopic (exact) mass is 424 g/mol. The lowest BCUT2D eigenvalue weighted by Crippen LogP contribution is -2.13. The molecule has 6 nitrogen and oxygen atoms in total. The highest BCUT2D eigenvalue weighted by molar-refractivity contribution is 6.22. The van der Waals surface area contributed by atoms with Gasteiger partial charge in [-0.05, 0) is 43.2 Å². The maximum absolute atomic E-state index is 12.7. The van der Waals surface area contributed by atoms with Crippen molar-refractivity contribution >= 4 is 33.9 Å². The molecule has 0 radical (unpaired) electrons. The van der Waals surface area contributed by atoms with Crippen molar-refractivity contribution in [3.05, 3.63) is 102 Å². The fraction of sp³-hybridized carbons (Fsp3) is 0.115. The van der Waals surface area contributed by atoms with E-state index >= 15 is 0 Å². The fourth-order valence-corrected chi connectivity index (χ4v) is 3.52. The van der Waals surface area contributed by atoms with Crippen LogP contribution >= 0.6 is 0 Å². The molecule has 0 aliphatic heterocycles. The number of amides is 1. The average Bonchev–Trinajstić information content (AvgIpc) is 3.39. The van der Waals surface area contributed by atoms with Crippen molar-refractivity contribution in [3.8, 4) is 0 Å². The van der Waals surface area contributed by atoms with Gasteiger partial charge >= 0.3 is 0 Å². The number of fused-ring (bicyclic) bond motifs is 1.